The van der Waals surface area contributed by atoms with Gasteiger partial charge < -0.3 is 5.11 Å². The fraction of sp³-hybridized carbons (Fsp3) is 0.286. The van der Waals surface area contributed by atoms with Gasteiger partial charge in [-0.2, -0.15) is 0 Å². The molecule has 0 fully saturated rings. The maximum atomic E-state index is 13.3. The van der Waals surface area contributed by atoms with Gasteiger partial charge in [-0.05, 0) is 37.6 Å². The van der Waals surface area contributed by atoms with Crippen molar-refractivity contribution in [2.75, 3.05) is 0 Å². The molecule has 0 aliphatic carbocycles. The molecule has 1 unspecified atom stereocenters. The van der Waals surface area contributed by atoms with Crippen LogP contribution in [0, 0.1) is 12.7 Å². The van der Waals surface area contributed by atoms with Gasteiger partial charge in [0.25, 0.3) is 0 Å². The van der Waals surface area contributed by atoms with Crippen LogP contribution in [0.1, 0.15) is 22.2 Å². The number of hydrogen-bond acceptors (Lipinski definition) is 2. The van der Waals surface area contributed by atoms with E-state index in [9.17, 15) is 9.50 Å². The highest BCUT2D eigenvalue weighted by Crippen LogP contribution is 2.33. The normalized spacial score (nSPS) is 14.5. The van der Waals surface area contributed by atoms with Crippen LogP contribution in [-0.4, -0.2) is 5.11 Å². The van der Waals surface area contributed by atoms with E-state index >= 15 is 0 Å². The predicted octanol–water partition coefficient (Wildman–Crippen LogP) is 4.30. The van der Waals surface area contributed by atoms with Gasteiger partial charge in [0.15, 0.2) is 0 Å². The highest BCUT2D eigenvalue weighted by molar-refractivity contribution is 7.12. The molecule has 18 heavy (non-hydrogen) atoms. The van der Waals surface area contributed by atoms with Crippen LogP contribution in [0.5, 0.6) is 0 Å². The van der Waals surface area contributed by atoms with E-state index in [-0.39, 0.29) is 5.02 Å². The van der Waals surface area contributed by atoms with E-state index in [4.69, 9.17) is 11.6 Å². The minimum atomic E-state index is -1.03. The summed E-state index contributed by atoms with van der Waals surface area (Å²) in [6.07, 6.45) is 0.295. The first kappa shape index (κ1) is 13.5. The first-order chi connectivity index (χ1) is 8.40. The monoisotopic (exact) mass is 284 g/mol. The van der Waals surface area contributed by atoms with Crippen molar-refractivity contribution in [1.29, 1.82) is 0 Å². The zero-order chi connectivity index (χ0) is 13.3. The molecule has 2 rings (SSSR count). The molecule has 0 aliphatic heterocycles. The van der Waals surface area contributed by atoms with Crippen LogP contribution >= 0.6 is 22.9 Å². The van der Waals surface area contributed by atoms with Gasteiger partial charge in [0.05, 0.1) is 5.02 Å². The van der Waals surface area contributed by atoms with E-state index in [0.29, 0.717) is 12.0 Å². The molecule has 1 aromatic heterocycles. The highest BCUT2D eigenvalue weighted by Gasteiger charge is 2.26. The van der Waals surface area contributed by atoms with E-state index in [2.05, 4.69) is 0 Å². The number of benzene rings is 1. The molecule has 0 bridgehead atoms. The number of hydrogen-bond donors (Lipinski definition) is 1. The van der Waals surface area contributed by atoms with Crippen molar-refractivity contribution in [1.82, 2.24) is 0 Å². The first-order valence-electron chi connectivity index (χ1n) is 5.62. The van der Waals surface area contributed by atoms with E-state index in [1.807, 2.05) is 19.1 Å². The lowest BCUT2D eigenvalue weighted by atomic mass is 9.95. The van der Waals surface area contributed by atoms with Crippen molar-refractivity contribution in [2.45, 2.75) is 25.9 Å². The van der Waals surface area contributed by atoms with Crippen LogP contribution < -0.4 is 0 Å². The smallest absolute Gasteiger partial charge is 0.142 e. The number of aryl methyl sites for hydroxylation is 1. The van der Waals surface area contributed by atoms with Crippen molar-refractivity contribution in [3.05, 3.63) is 56.5 Å². The highest BCUT2D eigenvalue weighted by atomic mass is 35.5. The Morgan fingerprint density at radius 1 is 1.33 bits per heavy atom. The van der Waals surface area contributed by atoms with E-state index in [1.54, 1.807) is 19.1 Å². The van der Waals surface area contributed by atoms with E-state index in [1.165, 1.54) is 17.4 Å². The van der Waals surface area contributed by atoms with Gasteiger partial charge in [0, 0.05) is 16.2 Å². The number of halogens is 2. The number of thiophene rings is 1. The Labute approximate surface area is 115 Å². The Morgan fingerprint density at radius 3 is 2.67 bits per heavy atom. The number of aliphatic hydroxyl groups is 1. The van der Waals surface area contributed by atoms with Crippen LogP contribution in [0.3, 0.4) is 0 Å². The summed E-state index contributed by atoms with van der Waals surface area (Å²) in [7, 11) is 0. The molecular weight excluding hydrogens is 271 g/mol. The van der Waals surface area contributed by atoms with Crippen LogP contribution in [-0.2, 0) is 12.0 Å². The zero-order valence-electron chi connectivity index (χ0n) is 10.2. The second kappa shape index (κ2) is 5.00. The predicted molar refractivity (Wildman–Crippen MR) is 73.7 cm³/mol. The van der Waals surface area contributed by atoms with Gasteiger partial charge in [-0.25, -0.2) is 4.39 Å². The summed E-state index contributed by atoms with van der Waals surface area (Å²) < 4.78 is 13.3. The van der Waals surface area contributed by atoms with Crippen molar-refractivity contribution < 1.29 is 9.50 Å². The van der Waals surface area contributed by atoms with Crippen LogP contribution in [0.25, 0.3) is 0 Å². The molecule has 1 N–H and O–H groups in total. The third kappa shape index (κ3) is 2.74. The van der Waals surface area contributed by atoms with E-state index in [0.717, 1.165) is 9.75 Å². The standard InChI is InChI=1S/C14H14ClFOS/c1-9-6-7-12(18-9)14(2,17)8-10-4-3-5-11(16)13(10)15/h3-7,17H,8H2,1-2H3. The lowest BCUT2D eigenvalue weighted by Crippen LogP contribution is -2.23. The molecule has 1 atom stereocenters. The minimum Gasteiger partial charge on any atom is -0.384 e. The molecule has 0 saturated carbocycles. The second-order valence-corrected chi connectivity index (χ2v) is 6.24. The molecule has 0 radical (unpaired) electrons. The van der Waals surface area contributed by atoms with Gasteiger partial charge in [-0.15, -0.1) is 11.3 Å². The average Bonchev–Trinajstić information content (AvgIpc) is 2.72. The molecule has 96 valence electrons. The Hall–Kier alpha value is -0.900. The third-order valence-corrected chi connectivity index (χ3v) is 4.51. The summed E-state index contributed by atoms with van der Waals surface area (Å²) in [6, 6.07) is 8.51. The first-order valence-corrected chi connectivity index (χ1v) is 6.82. The second-order valence-electron chi connectivity index (χ2n) is 4.57. The van der Waals surface area contributed by atoms with Gasteiger partial charge in [0.2, 0.25) is 0 Å². The van der Waals surface area contributed by atoms with Gasteiger partial charge in [0.1, 0.15) is 11.4 Å². The van der Waals surface area contributed by atoms with Crippen molar-refractivity contribution in [3.8, 4) is 0 Å². The molecule has 2 aromatic rings. The summed E-state index contributed by atoms with van der Waals surface area (Å²) in [6.45, 7) is 3.71. The Morgan fingerprint density at radius 2 is 2.06 bits per heavy atom. The van der Waals surface area contributed by atoms with E-state index < -0.39 is 11.4 Å². The van der Waals surface area contributed by atoms with Gasteiger partial charge in [-0.3, -0.25) is 0 Å². The van der Waals surface area contributed by atoms with Crippen LogP contribution in [0.4, 0.5) is 4.39 Å². The lowest BCUT2D eigenvalue weighted by Gasteiger charge is -2.22. The fourth-order valence-electron chi connectivity index (χ4n) is 1.87. The molecule has 0 aliphatic rings. The Kier molecular flexibility index (Phi) is 3.76. The van der Waals surface area contributed by atoms with Crippen LogP contribution in [0.2, 0.25) is 5.02 Å². The topological polar surface area (TPSA) is 20.2 Å². The molecule has 4 heteroatoms. The van der Waals surface area contributed by atoms with Crippen molar-refractivity contribution in [3.63, 3.8) is 0 Å². The SMILES string of the molecule is Cc1ccc(C(C)(O)Cc2cccc(F)c2Cl)s1. The molecule has 1 heterocycles. The Bertz CT molecular complexity index is 563. The lowest BCUT2D eigenvalue weighted by molar-refractivity contribution is 0.0614. The molecule has 1 nitrogen and oxygen atoms in total. The maximum Gasteiger partial charge on any atom is 0.142 e. The molecule has 1 aromatic carbocycles. The minimum absolute atomic E-state index is 0.0889. The molecular formula is C14H14ClFOS. The number of rotatable bonds is 3. The summed E-state index contributed by atoms with van der Waals surface area (Å²) in [5.74, 6) is -0.452. The zero-order valence-corrected chi connectivity index (χ0v) is 11.8. The van der Waals surface area contributed by atoms with Crippen molar-refractivity contribution in [2.24, 2.45) is 0 Å². The van der Waals surface area contributed by atoms with Crippen LogP contribution in [0.15, 0.2) is 30.3 Å². The molecule has 0 spiro atoms. The summed E-state index contributed by atoms with van der Waals surface area (Å²) in [5.41, 5.74) is -0.413. The fourth-order valence-corrected chi connectivity index (χ4v) is 2.97. The van der Waals surface area contributed by atoms with Gasteiger partial charge >= 0.3 is 0 Å². The maximum absolute atomic E-state index is 13.3. The summed E-state index contributed by atoms with van der Waals surface area (Å²) >= 11 is 7.45. The van der Waals surface area contributed by atoms with Gasteiger partial charge in [-0.1, -0.05) is 23.7 Å². The Balaban J connectivity index is 2.30. The average molecular weight is 285 g/mol. The summed E-state index contributed by atoms with van der Waals surface area (Å²) in [5, 5.41) is 10.6. The summed E-state index contributed by atoms with van der Waals surface area (Å²) in [4.78, 5) is 2.00. The molecule has 0 saturated heterocycles. The van der Waals surface area contributed by atoms with Crippen molar-refractivity contribution >= 4 is 22.9 Å². The quantitative estimate of drug-likeness (QED) is 0.891. The largest absolute Gasteiger partial charge is 0.384 e. The molecule has 0 amide bonds. The third-order valence-electron chi connectivity index (χ3n) is 2.84.